The molecule has 2 N–H and O–H groups in total. The van der Waals surface area contributed by atoms with Crippen LogP contribution < -0.4 is 10.6 Å². The molecule has 1 fully saturated rings. The van der Waals surface area contributed by atoms with E-state index in [4.69, 9.17) is 9.47 Å². The Bertz CT molecular complexity index is 375. The maximum absolute atomic E-state index is 11.6. The minimum absolute atomic E-state index is 0. The molecular formula is C17H35IN4O3. The largest absolute Gasteiger partial charge is 0.383 e. The van der Waals surface area contributed by atoms with Crippen molar-refractivity contribution in [3.05, 3.63) is 0 Å². The number of hydrogen-bond acceptors (Lipinski definition) is 4. The predicted molar refractivity (Wildman–Crippen MR) is 112 cm³/mol. The summed E-state index contributed by atoms with van der Waals surface area (Å²) < 4.78 is 10.9. The average Bonchev–Trinajstić information content (AvgIpc) is 2.59. The van der Waals surface area contributed by atoms with Gasteiger partial charge >= 0.3 is 0 Å². The smallest absolute Gasteiger partial charge is 0.243 e. The molecular weight excluding hydrogens is 435 g/mol. The van der Waals surface area contributed by atoms with Crippen LogP contribution in [0.1, 0.15) is 38.5 Å². The highest BCUT2D eigenvalue weighted by Crippen LogP contribution is 2.20. The van der Waals surface area contributed by atoms with Crippen molar-refractivity contribution < 1.29 is 14.3 Å². The Kier molecular flexibility index (Phi) is 15.2. The fourth-order valence-electron chi connectivity index (χ4n) is 2.49. The monoisotopic (exact) mass is 470 g/mol. The molecule has 0 spiro atoms. The van der Waals surface area contributed by atoms with Gasteiger partial charge in [-0.1, -0.05) is 19.3 Å². The van der Waals surface area contributed by atoms with Crippen LogP contribution in [-0.4, -0.2) is 76.9 Å². The lowest BCUT2D eigenvalue weighted by Crippen LogP contribution is -2.40. The van der Waals surface area contributed by atoms with E-state index >= 15 is 0 Å². The van der Waals surface area contributed by atoms with E-state index in [9.17, 15) is 4.79 Å². The molecule has 0 aromatic rings. The van der Waals surface area contributed by atoms with Gasteiger partial charge in [0.25, 0.3) is 0 Å². The van der Waals surface area contributed by atoms with Crippen molar-refractivity contribution in [1.29, 1.82) is 0 Å². The zero-order chi connectivity index (χ0) is 17.6. The van der Waals surface area contributed by atoms with Crippen molar-refractivity contribution in [2.75, 3.05) is 54.1 Å². The van der Waals surface area contributed by atoms with E-state index in [1.165, 1.54) is 37.0 Å². The number of aliphatic imine (C=N–C) groups is 1. The van der Waals surface area contributed by atoms with Crippen LogP contribution in [0.25, 0.3) is 0 Å². The van der Waals surface area contributed by atoms with E-state index in [1.807, 2.05) is 0 Å². The molecule has 0 unspecified atom stereocenters. The summed E-state index contributed by atoms with van der Waals surface area (Å²) in [6, 6.07) is 0. The minimum atomic E-state index is -0.0246. The second kappa shape index (κ2) is 15.6. The highest BCUT2D eigenvalue weighted by atomic mass is 127. The number of halogens is 1. The number of hydrogen-bond donors (Lipinski definition) is 2. The minimum Gasteiger partial charge on any atom is -0.383 e. The molecule has 0 atom stereocenters. The number of rotatable bonds is 10. The summed E-state index contributed by atoms with van der Waals surface area (Å²) in [6.07, 6.45) is 7.70. The van der Waals surface area contributed by atoms with Crippen molar-refractivity contribution in [3.63, 3.8) is 0 Å². The van der Waals surface area contributed by atoms with Gasteiger partial charge in [-0.05, 0) is 19.3 Å². The molecule has 8 heteroatoms. The van der Waals surface area contributed by atoms with Crippen molar-refractivity contribution in [1.82, 2.24) is 15.5 Å². The predicted octanol–water partition coefficient (Wildman–Crippen LogP) is 1.61. The highest BCUT2D eigenvalue weighted by molar-refractivity contribution is 14.0. The van der Waals surface area contributed by atoms with Gasteiger partial charge in [0, 0.05) is 40.9 Å². The number of amides is 1. The number of methoxy groups -OCH3 is 1. The maximum Gasteiger partial charge on any atom is 0.243 e. The number of likely N-dealkylation sites (N-methyl/N-ethyl adjacent to an activating group) is 1. The Hall–Kier alpha value is -0.610. The zero-order valence-electron chi connectivity index (χ0n) is 15.9. The van der Waals surface area contributed by atoms with E-state index < -0.39 is 0 Å². The molecule has 1 saturated carbocycles. The van der Waals surface area contributed by atoms with Gasteiger partial charge in [0.2, 0.25) is 5.91 Å². The van der Waals surface area contributed by atoms with Crippen molar-refractivity contribution >= 4 is 35.8 Å². The molecule has 148 valence electrons. The maximum atomic E-state index is 11.6. The third-order valence-corrected chi connectivity index (χ3v) is 3.99. The summed E-state index contributed by atoms with van der Waals surface area (Å²) in [5.41, 5.74) is 0. The first-order valence-corrected chi connectivity index (χ1v) is 8.96. The average molecular weight is 470 g/mol. The van der Waals surface area contributed by atoms with E-state index in [2.05, 4.69) is 15.6 Å². The zero-order valence-corrected chi connectivity index (χ0v) is 18.2. The number of guanidine groups is 1. The van der Waals surface area contributed by atoms with Crippen LogP contribution in [0.4, 0.5) is 0 Å². The molecule has 1 amide bonds. The molecule has 0 saturated heterocycles. The van der Waals surface area contributed by atoms with Crippen molar-refractivity contribution in [3.8, 4) is 0 Å². The van der Waals surface area contributed by atoms with E-state index in [0.29, 0.717) is 25.2 Å². The second-order valence-electron chi connectivity index (χ2n) is 6.28. The first kappa shape index (κ1) is 24.4. The van der Waals surface area contributed by atoms with Crippen LogP contribution in [-0.2, 0) is 14.3 Å². The van der Waals surface area contributed by atoms with Crippen LogP contribution in [0.2, 0.25) is 0 Å². The van der Waals surface area contributed by atoms with Crippen LogP contribution >= 0.6 is 24.0 Å². The molecule has 0 bridgehead atoms. The van der Waals surface area contributed by atoms with Gasteiger partial charge < -0.3 is 25.0 Å². The van der Waals surface area contributed by atoms with Crippen molar-refractivity contribution in [2.45, 2.75) is 44.6 Å². The normalized spacial score (nSPS) is 15.4. The quantitative estimate of drug-likeness (QED) is 0.220. The topological polar surface area (TPSA) is 75.2 Å². The fraction of sp³-hybridized carbons (Fsp3) is 0.882. The Morgan fingerprint density at radius 2 is 1.80 bits per heavy atom. The summed E-state index contributed by atoms with van der Waals surface area (Å²) in [5.74, 6) is 0.614. The van der Waals surface area contributed by atoms with Crippen LogP contribution in [0.5, 0.6) is 0 Å². The molecule has 0 radical (unpaired) electrons. The highest BCUT2D eigenvalue weighted by Gasteiger charge is 2.13. The summed E-state index contributed by atoms with van der Waals surface area (Å²) in [7, 11) is 5.11. The molecule has 0 aromatic heterocycles. The molecule has 1 aliphatic rings. The van der Waals surface area contributed by atoms with E-state index in [-0.39, 0.29) is 36.4 Å². The molecule has 0 aromatic carbocycles. The Morgan fingerprint density at radius 1 is 1.12 bits per heavy atom. The summed E-state index contributed by atoms with van der Waals surface area (Å²) in [6.45, 7) is 2.90. The van der Waals surface area contributed by atoms with Crippen LogP contribution in [0.3, 0.4) is 0 Å². The van der Waals surface area contributed by atoms with Gasteiger partial charge in [0.1, 0.15) is 6.54 Å². The van der Waals surface area contributed by atoms with E-state index in [0.717, 1.165) is 19.6 Å². The van der Waals surface area contributed by atoms with Gasteiger partial charge in [-0.2, -0.15) is 0 Å². The molecule has 0 aliphatic heterocycles. The Labute approximate surface area is 169 Å². The molecule has 0 heterocycles. The molecule has 1 aliphatic carbocycles. The first-order valence-electron chi connectivity index (χ1n) is 8.96. The van der Waals surface area contributed by atoms with Gasteiger partial charge in [0.15, 0.2) is 5.96 Å². The number of ether oxygens (including phenoxy) is 2. The number of carbonyl (C=O) groups is 1. The SMILES string of the molecule is COCCNC(=NCC(=O)N(C)C)NCCCOC1CCCCC1.I. The van der Waals surface area contributed by atoms with Gasteiger partial charge in [-0.15, -0.1) is 24.0 Å². The lowest BCUT2D eigenvalue weighted by Gasteiger charge is -2.22. The number of nitrogens with zero attached hydrogens (tertiary/aromatic N) is 2. The lowest BCUT2D eigenvalue weighted by atomic mass is 9.98. The molecule has 7 nitrogen and oxygen atoms in total. The first-order chi connectivity index (χ1) is 11.6. The summed E-state index contributed by atoms with van der Waals surface area (Å²) in [4.78, 5) is 17.5. The van der Waals surface area contributed by atoms with E-state index in [1.54, 1.807) is 21.2 Å². The standard InChI is InChI=1S/C17H34N4O3.HI/c1-21(2)16(22)14-20-17(19-11-13-23-3)18-10-7-12-24-15-8-5-4-6-9-15;/h15H,4-14H2,1-3H3,(H2,18,19,20);1H. The third-order valence-electron chi connectivity index (χ3n) is 3.99. The second-order valence-corrected chi connectivity index (χ2v) is 6.28. The number of carbonyl (C=O) groups excluding carboxylic acids is 1. The third kappa shape index (κ3) is 12.4. The van der Waals surface area contributed by atoms with Crippen LogP contribution in [0, 0.1) is 0 Å². The van der Waals surface area contributed by atoms with Gasteiger partial charge in [-0.25, -0.2) is 4.99 Å². The van der Waals surface area contributed by atoms with Crippen LogP contribution in [0.15, 0.2) is 4.99 Å². The molecule has 25 heavy (non-hydrogen) atoms. The Morgan fingerprint density at radius 3 is 2.44 bits per heavy atom. The fourth-order valence-corrected chi connectivity index (χ4v) is 2.49. The molecule has 1 rings (SSSR count). The summed E-state index contributed by atoms with van der Waals surface area (Å²) >= 11 is 0. The summed E-state index contributed by atoms with van der Waals surface area (Å²) in [5, 5.41) is 6.40. The van der Waals surface area contributed by atoms with Crippen molar-refractivity contribution in [2.24, 2.45) is 4.99 Å². The number of nitrogens with one attached hydrogen (secondary N) is 2. The van der Waals surface area contributed by atoms with Gasteiger partial charge in [-0.3, -0.25) is 4.79 Å². The van der Waals surface area contributed by atoms with Gasteiger partial charge in [0.05, 0.1) is 12.7 Å². The lowest BCUT2D eigenvalue weighted by molar-refractivity contribution is -0.127. The Balaban J connectivity index is 0.00000576.